The number of amides is 1. The van der Waals surface area contributed by atoms with Crippen LogP contribution in [0.2, 0.25) is 0 Å². The van der Waals surface area contributed by atoms with Crippen molar-refractivity contribution in [2.45, 2.75) is 13.3 Å². The normalized spacial score (nSPS) is 10.9. The molecule has 4 nitrogen and oxygen atoms in total. The summed E-state index contributed by atoms with van der Waals surface area (Å²) in [6.07, 6.45) is 2.27. The zero-order valence-electron chi connectivity index (χ0n) is 16.8. The van der Waals surface area contributed by atoms with E-state index in [0.29, 0.717) is 17.9 Å². The maximum Gasteiger partial charge on any atom is 0.266 e. The van der Waals surface area contributed by atoms with Gasteiger partial charge >= 0.3 is 0 Å². The third kappa shape index (κ3) is 5.37. The molecule has 0 atom stereocenters. The van der Waals surface area contributed by atoms with Crippen LogP contribution in [0.25, 0.3) is 6.08 Å². The Labute approximate surface area is 184 Å². The van der Waals surface area contributed by atoms with E-state index in [1.165, 1.54) is 0 Å². The summed E-state index contributed by atoms with van der Waals surface area (Å²) in [5.41, 5.74) is 4.65. The van der Waals surface area contributed by atoms with E-state index in [0.717, 1.165) is 26.7 Å². The summed E-state index contributed by atoms with van der Waals surface area (Å²) in [4.78, 5) is 12.5. The first kappa shape index (κ1) is 21.4. The number of nitrogens with zero attached hydrogens (tertiary/aromatic N) is 1. The lowest BCUT2D eigenvalue weighted by molar-refractivity contribution is -0.112. The van der Waals surface area contributed by atoms with Crippen molar-refractivity contribution in [1.82, 2.24) is 0 Å². The Morgan fingerprint density at radius 1 is 1.10 bits per heavy atom. The second kappa shape index (κ2) is 9.91. The predicted octanol–water partition coefficient (Wildman–Crippen LogP) is 5.90. The van der Waals surface area contributed by atoms with Gasteiger partial charge in [0.2, 0.25) is 0 Å². The summed E-state index contributed by atoms with van der Waals surface area (Å²) in [5, 5.41) is 12.2. The number of hydrogen-bond acceptors (Lipinski definition) is 3. The van der Waals surface area contributed by atoms with E-state index in [1.807, 2.05) is 73.7 Å². The minimum atomic E-state index is -0.447. The highest BCUT2D eigenvalue weighted by molar-refractivity contribution is 9.10. The summed E-state index contributed by atoms with van der Waals surface area (Å²) in [5.74, 6) is 0.258. The summed E-state index contributed by atoms with van der Waals surface area (Å²) < 4.78 is 6.59. The summed E-state index contributed by atoms with van der Waals surface area (Å²) in [7, 11) is 1.61. The maximum absolute atomic E-state index is 12.5. The molecule has 0 fully saturated rings. The van der Waals surface area contributed by atoms with E-state index in [2.05, 4.69) is 27.3 Å². The quantitative estimate of drug-likeness (QED) is 0.367. The lowest BCUT2D eigenvalue weighted by Crippen LogP contribution is -2.13. The minimum Gasteiger partial charge on any atom is -0.496 e. The molecular weight excluding hydrogens is 440 g/mol. The van der Waals surface area contributed by atoms with E-state index in [1.54, 1.807) is 13.2 Å². The number of anilines is 1. The van der Waals surface area contributed by atoms with Crippen LogP contribution in [0.4, 0.5) is 5.69 Å². The average Bonchev–Trinajstić information content (AvgIpc) is 2.76. The number of benzene rings is 3. The van der Waals surface area contributed by atoms with Crippen molar-refractivity contribution in [3.8, 4) is 11.8 Å². The molecule has 0 spiro atoms. The molecule has 30 heavy (non-hydrogen) atoms. The summed E-state index contributed by atoms with van der Waals surface area (Å²) in [6.45, 7) is 1.97. The Morgan fingerprint density at radius 2 is 1.83 bits per heavy atom. The molecule has 0 saturated heterocycles. The van der Waals surface area contributed by atoms with Gasteiger partial charge in [-0.25, -0.2) is 0 Å². The van der Waals surface area contributed by atoms with Crippen LogP contribution in [0.5, 0.6) is 5.75 Å². The van der Waals surface area contributed by atoms with E-state index in [9.17, 15) is 10.1 Å². The van der Waals surface area contributed by atoms with Gasteiger partial charge in [0.15, 0.2) is 0 Å². The van der Waals surface area contributed by atoms with Gasteiger partial charge in [-0.2, -0.15) is 5.26 Å². The first-order chi connectivity index (χ1) is 14.5. The fourth-order valence-electron chi connectivity index (χ4n) is 2.99. The highest BCUT2D eigenvalue weighted by Gasteiger charge is 2.11. The van der Waals surface area contributed by atoms with Crippen LogP contribution in [0, 0.1) is 18.3 Å². The van der Waals surface area contributed by atoms with Crippen LogP contribution in [0.3, 0.4) is 0 Å². The number of carbonyl (C=O) groups excluding carboxylic acids is 1. The van der Waals surface area contributed by atoms with Gasteiger partial charge in [-0.05, 0) is 54.0 Å². The Balaban J connectivity index is 1.82. The molecule has 150 valence electrons. The molecule has 1 N–H and O–H groups in total. The molecule has 3 aromatic carbocycles. The highest BCUT2D eigenvalue weighted by atomic mass is 79.9. The lowest BCUT2D eigenvalue weighted by atomic mass is 10.0. The van der Waals surface area contributed by atoms with Crippen molar-refractivity contribution >= 4 is 33.6 Å². The zero-order chi connectivity index (χ0) is 21.5. The molecule has 0 unspecified atom stereocenters. The number of halogens is 1. The average molecular weight is 461 g/mol. The number of nitrogens with one attached hydrogen (secondary N) is 1. The Hall–Kier alpha value is -3.36. The number of ether oxygens (including phenoxy) is 1. The maximum atomic E-state index is 12.5. The molecular formula is C25H21BrN2O2. The van der Waals surface area contributed by atoms with Crippen LogP contribution in [-0.4, -0.2) is 13.0 Å². The van der Waals surface area contributed by atoms with Crippen LogP contribution in [0.15, 0.2) is 76.8 Å². The van der Waals surface area contributed by atoms with E-state index in [-0.39, 0.29) is 5.57 Å². The van der Waals surface area contributed by atoms with Crippen LogP contribution in [-0.2, 0) is 11.2 Å². The molecule has 5 heteroatoms. The van der Waals surface area contributed by atoms with Gasteiger partial charge in [-0.15, -0.1) is 0 Å². The molecule has 0 aromatic heterocycles. The highest BCUT2D eigenvalue weighted by Crippen LogP contribution is 2.27. The predicted molar refractivity (Wildman–Crippen MR) is 123 cm³/mol. The molecule has 0 heterocycles. The van der Waals surface area contributed by atoms with Crippen LogP contribution < -0.4 is 10.1 Å². The second-order valence-corrected chi connectivity index (χ2v) is 7.68. The fraction of sp³-hybridized carbons (Fsp3) is 0.120. The lowest BCUT2D eigenvalue weighted by Gasteiger charge is -2.11. The number of nitriles is 1. The SMILES string of the molecule is COc1cc(/C=C(\C#N)C(=O)Nc2ccc(C)cc2)ccc1Cc1ccccc1Br. The van der Waals surface area contributed by atoms with E-state index in [4.69, 9.17) is 4.74 Å². The fourth-order valence-corrected chi connectivity index (χ4v) is 3.42. The second-order valence-electron chi connectivity index (χ2n) is 6.83. The van der Waals surface area contributed by atoms with Gasteiger partial charge in [0.25, 0.3) is 5.91 Å². The van der Waals surface area contributed by atoms with Crippen LogP contribution in [0.1, 0.15) is 22.3 Å². The zero-order valence-corrected chi connectivity index (χ0v) is 18.4. The molecule has 0 aliphatic heterocycles. The van der Waals surface area contributed by atoms with Gasteiger partial charge in [-0.1, -0.05) is 64.0 Å². The smallest absolute Gasteiger partial charge is 0.266 e. The van der Waals surface area contributed by atoms with Crippen LogP contribution >= 0.6 is 15.9 Å². The Bertz CT molecular complexity index is 1130. The number of carbonyl (C=O) groups is 1. The van der Waals surface area contributed by atoms with Gasteiger partial charge in [-0.3, -0.25) is 4.79 Å². The van der Waals surface area contributed by atoms with Crippen molar-refractivity contribution < 1.29 is 9.53 Å². The first-order valence-corrected chi connectivity index (χ1v) is 10.2. The van der Waals surface area contributed by atoms with E-state index < -0.39 is 5.91 Å². The molecule has 0 aliphatic rings. The Morgan fingerprint density at radius 3 is 2.50 bits per heavy atom. The largest absolute Gasteiger partial charge is 0.496 e. The molecule has 0 radical (unpaired) electrons. The van der Waals surface area contributed by atoms with Gasteiger partial charge in [0.05, 0.1) is 7.11 Å². The monoisotopic (exact) mass is 460 g/mol. The van der Waals surface area contributed by atoms with Crippen molar-refractivity contribution in [3.05, 3.63) is 99.0 Å². The van der Waals surface area contributed by atoms with Gasteiger partial charge < -0.3 is 10.1 Å². The summed E-state index contributed by atoms with van der Waals surface area (Å²) >= 11 is 3.57. The van der Waals surface area contributed by atoms with Crippen molar-refractivity contribution in [1.29, 1.82) is 5.26 Å². The summed E-state index contributed by atoms with van der Waals surface area (Å²) in [6, 6.07) is 23.1. The van der Waals surface area contributed by atoms with Gasteiger partial charge in [0, 0.05) is 16.6 Å². The van der Waals surface area contributed by atoms with Crippen molar-refractivity contribution in [2.24, 2.45) is 0 Å². The molecule has 0 saturated carbocycles. The molecule has 0 aliphatic carbocycles. The van der Waals surface area contributed by atoms with Crippen molar-refractivity contribution in [3.63, 3.8) is 0 Å². The molecule has 3 rings (SSSR count). The van der Waals surface area contributed by atoms with E-state index >= 15 is 0 Å². The standard InChI is InChI=1S/C25H21BrN2O2/c1-17-7-11-22(12-8-17)28-25(29)21(16-27)13-18-9-10-20(24(14-18)30-2)15-19-5-3-4-6-23(19)26/h3-14H,15H2,1-2H3,(H,28,29)/b21-13+. The number of hydrogen-bond donors (Lipinski definition) is 1. The molecule has 3 aromatic rings. The number of aryl methyl sites for hydroxylation is 1. The third-order valence-corrected chi connectivity index (χ3v) is 5.41. The third-order valence-electron chi connectivity index (χ3n) is 4.64. The topological polar surface area (TPSA) is 62.1 Å². The minimum absolute atomic E-state index is 0.0242. The Kier molecular flexibility index (Phi) is 7.05. The number of rotatable bonds is 6. The first-order valence-electron chi connectivity index (χ1n) is 9.40. The van der Waals surface area contributed by atoms with Gasteiger partial charge in [0.1, 0.15) is 17.4 Å². The molecule has 1 amide bonds. The van der Waals surface area contributed by atoms with Crippen molar-refractivity contribution in [2.75, 3.05) is 12.4 Å². The molecule has 0 bridgehead atoms. The number of methoxy groups -OCH3 is 1.